The first-order valence-electron chi connectivity index (χ1n) is 10.3. The molecule has 0 spiro atoms. The van der Waals surface area contributed by atoms with Crippen molar-refractivity contribution in [2.24, 2.45) is 0 Å². The summed E-state index contributed by atoms with van der Waals surface area (Å²) in [7, 11) is 0. The second-order valence-electron chi connectivity index (χ2n) is 7.48. The average molecular weight is 480 g/mol. The smallest absolute Gasteiger partial charge is 0.260 e. The van der Waals surface area contributed by atoms with Crippen molar-refractivity contribution < 1.29 is 14.4 Å². The summed E-state index contributed by atoms with van der Waals surface area (Å²) in [6.07, 6.45) is 3.93. The van der Waals surface area contributed by atoms with Crippen molar-refractivity contribution in [2.45, 2.75) is 19.4 Å². The molecule has 33 heavy (non-hydrogen) atoms. The highest BCUT2D eigenvalue weighted by molar-refractivity contribution is 7.22. The Balaban J connectivity index is 1.46. The van der Waals surface area contributed by atoms with Crippen molar-refractivity contribution in [1.82, 2.24) is 14.8 Å². The molecule has 1 aliphatic rings. The van der Waals surface area contributed by atoms with E-state index in [1.165, 1.54) is 16.2 Å². The topological polar surface area (TPSA) is 88.4 Å². The maximum absolute atomic E-state index is 13.5. The maximum Gasteiger partial charge on any atom is 0.260 e. The standard InChI is InChI=1S/C23H18ClN5O3S/c24-17-3-1-4-18-21(17)26-23(33-18)28(14-13-27-12-2-11-25-27)22(32)15-5-7-16(8-6-15)29-19(30)9-10-20(29)31/h1-8,11-12H,9-10,13-14H2. The molecule has 2 aromatic carbocycles. The third kappa shape index (κ3) is 4.12. The number of nitrogens with zero attached hydrogens (tertiary/aromatic N) is 5. The number of aromatic nitrogens is 3. The fraction of sp³-hybridized carbons (Fsp3) is 0.174. The number of hydrogen-bond acceptors (Lipinski definition) is 6. The Labute approximate surface area is 198 Å². The molecule has 1 saturated heterocycles. The van der Waals surface area contributed by atoms with E-state index in [2.05, 4.69) is 10.1 Å². The Morgan fingerprint density at radius 1 is 1.06 bits per heavy atom. The number of amides is 3. The van der Waals surface area contributed by atoms with Gasteiger partial charge in [-0.15, -0.1) is 0 Å². The van der Waals surface area contributed by atoms with Crippen LogP contribution in [0.5, 0.6) is 0 Å². The van der Waals surface area contributed by atoms with Crippen LogP contribution in [0, 0.1) is 0 Å². The summed E-state index contributed by atoms with van der Waals surface area (Å²) in [5.74, 6) is -0.708. The molecule has 3 heterocycles. The van der Waals surface area contributed by atoms with E-state index < -0.39 is 0 Å². The number of anilines is 2. The lowest BCUT2D eigenvalue weighted by Gasteiger charge is -2.20. The quantitative estimate of drug-likeness (QED) is 0.388. The van der Waals surface area contributed by atoms with E-state index in [0.29, 0.717) is 40.0 Å². The zero-order valence-corrected chi connectivity index (χ0v) is 18.9. The van der Waals surface area contributed by atoms with Crippen LogP contribution in [-0.4, -0.2) is 39.0 Å². The number of hydrogen-bond donors (Lipinski definition) is 0. The maximum atomic E-state index is 13.5. The van der Waals surface area contributed by atoms with Gasteiger partial charge in [-0.2, -0.15) is 5.10 Å². The van der Waals surface area contributed by atoms with Crippen LogP contribution in [0.3, 0.4) is 0 Å². The Morgan fingerprint density at radius 2 is 1.82 bits per heavy atom. The van der Waals surface area contributed by atoms with E-state index in [4.69, 9.17) is 11.6 Å². The number of thiazole rings is 1. The number of rotatable bonds is 6. The van der Waals surface area contributed by atoms with Crippen molar-refractivity contribution in [3.05, 3.63) is 71.5 Å². The van der Waals surface area contributed by atoms with Crippen LogP contribution in [0.1, 0.15) is 23.2 Å². The fourth-order valence-corrected chi connectivity index (χ4v) is 5.00. The van der Waals surface area contributed by atoms with Crippen LogP contribution in [0.2, 0.25) is 5.02 Å². The van der Waals surface area contributed by atoms with Gasteiger partial charge in [-0.05, 0) is 42.5 Å². The van der Waals surface area contributed by atoms with E-state index in [1.807, 2.05) is 24.4 Å². The molecule has 0 N–H and O–H groups in total. The minimum Gasteiger partial charge on any atom is -0.282 e. The van der Waals surface area contributed by atoms with Crippen molar-refractivity contribution in [2.75, 3.05) is 16.3 Å². The predicted molar refractivity (Wildman–Crippen MR) is 127 cm³/mol. The minimum atomic E-state index is -0.247. The number of halogens is 1. The van der Waals surface area contributed by atoms with E-state index in [-0.39, 0.29) is 30.6 Å². The number of fused-ring (bicyclic) bond motifs is 1. The van der Waals surface area contributed by atoms with Crippen LogP contribution in [0.4, 0.5) is 10.8 Å². The monoisotopic (exact) mass is 479 g/mol. The molecule has 1 aliphatic heterocycles. The first kappa shape index (κ1) is 21.3. The number of para-hydroxylation sites is 1. The van der Waals surface area contributed by atoms with Crippen LogP contribution < -0.4 is 9.80 Å². The van der Waals surface area contributed by atoms with Crippen LogP contribution >= 0.6 is 22.9 Å². The minimum absolute atomic E-state index is 0.209. The lowest BCUT2D eigenvalue weighted by molar-refractivity contribution is -0.121. The molecule has 2 aromatic heterocycles. The van der Waals surface area contributed by atoms with Crippen molar-refractivity contribution in [3.63, 3.8) is 0 Å². The van der Waals surface area contributed by atoms with E-state index in [1.54, 1.807) is 46.1 Å². The molecule has 0 unspecified atom stereocenters. The van der Waals surface area contributed by atoms with Gasteiger partial charge in [0.05, 0.1) is 22.0 Å². The molecular formula is C23H18ClN5O3S. The summed E-state index contributed by atoms with van der Waals surface area (Å²) in [5, 5.41) is 5.27. The molecule has 0 saturated carbocycles. The van der Waals surface area contributed by atoms with Crippen LogP contribution in [-0.2, 0) is 16.1 Å². The van der Waals surface area contributed by atoms with Gasteiger partial charge in [0.1, 0.15) is 5.52 Å². The first-order valence-corrected chi connectivity index (χ1v) is 11.5. The summed E-state index contributed by atoms with van der Waals surface area (Å²) < 4.78 is 2.63. The summed E-state index contributed by atoms with van der Waals surface area (Å²) in [4.78, 5) is 44.9. The largest absolute Gasteiger partial charge is 0.282 e. The summed E-state index contributed by atoms with van der Waals surface area (Å²) >= 11 is 7.69. The van der Waals surface area contributed by atoms with Gasteiger partial charge < -0.3 is 0 Å². The van der Waals surface area contributed by atoms with Gasteiger partial charge in [-0.1, -0.05) is 29.0 Å². The van der Waals surface area contributed by atoms with E-state index in [9.17, 15) is 14.4 Å². The van der Waals surface area contributed by atoms with Gasteiger partial charge in [-0.25, -0.2) is 4.98 Å². The Hall–Kier alpha value is -3.56. The molecule has 3 amide bonds. The van der Waals surface area contributed by atoms with E-state index in [0.717, 1.165) is 4.70 Å². The third-order valence-corrected chi connectivity index (χ3v) is 6.72. The highest BCUT2D eigenvalue weighted by Crippen LogP contribution is 2.33. The Kier molecular flexibility index (Phi) is 5.65. The normalized spacial score (nSPS) is 13.8. The second kappa shape index (κ2) is 8.76. The molecule has 0 radical (unpaired) electrons. The van der Waals surface area contributed by atoms with Gasteiger partial charge in [-0.3, -0.25) is 28.9 Å². The summed E-state index contributed by atoms with van der Waals surface area (Å²) in [5.41, 5.74) is 1.54. The van der Waals surface area contributed by atoms with Crippen molar-refractivity contribution >= 4 is 61.7 Å². The molecule has 0 bridgehead atoms. The third-order valence-electron chi connectivity index (χ3n) is 5.37. The van der Waals surface area contributed by atoms with Crippen molar-refractivity contribution in [1.29, 1.82) is 0 Å². The average Bonchev–Trinajstić information content (AvgIpc) is 3.55. The second-order valence-corrected chi connectivity index (χ2v) is 8.90. The van der Waals surface area contributed by atoms with Crippen molar-refractivity contribution in [3.8, 4) is 0 Å². The molecule has 5 rings (SSSR count). The van der Waals surface area contributed by atoms with Gasteiger partial charge in [0.25, 0.3) is 5.91 Å². The number of imide groups is 1. The lowest BCUT2D eigenvalue weighted by atomic mass is 10.1. The summed E-state index contributed by atoms with van der Waals surface area (Å²) in [6, 6.07) is 13.8. The molecule has 8 nitrogen and oxygen atoms in total. The molecule has 0 aliphatic carbocycles. The molecule has 1 fully saturated rings. The molecule has 166 valence electrons. The molecular weight excluding hydrogens is 462 g/mol. The Bertz CT molecular complexity index is 1330. The first-order chi connectivity index (χ1) is 16.0. The van der Waals surface area contributed by atoms with Gasteiger partial charge in [0, 0.05) is 37.3 Å². The lowest BCUT2D eigenvalue weighted by Crippen LogP contribution is -2.34. The zero-order chi connectivity index (χ0) is 22.9. The highest BCUT2D eigenvalue weighted by atomic mass is 35.5. The molecule has 10 heteroatoms. The fourth-order valence-electron chi connectivity index (χ4n) is 3.71. The van der Waals surface area contributed by atoms with Gasteiger partial charge >= 0.3 is 0 Å². The predicted octanol–water partition coefficient (Wildman–Crippen LogP) is 4.15. The number of carbonyl (C=O) groups is 3. The van der Waals surface area contributed by atoms with E-state index >= 15 is 0 Å². The Morgan fingerprint density at radius 3 is 2.48 bits per heavy atom. The van der Waals surface area contributed by atoms with Crippen LogP contribution in [0.25, 0.3) is 10.2 Å². The van der Waals surface area contributed by atoms with Gasteiger partial charge in [0.2, 0.25) is 11.8 Å². The van der Waals surface area contributed by atoms with Gasteiger partial charge in [0.15, 0.2) is 5.13 Å². The number of benzene rings is 2. The van der Waals surface area contributed by atoms with Crippen LogP contribution in [0.15, 0.2) is 60.9 Å². The molecule has 0 atom stereocenters. The highest BCUT2D eigenvalue weighted by Gasteiger charge is 2.30. The molecule has 4 aromatic rings. The number of carbonyl (C=O) groups excluding carboxylic acids is 3. The summed E-state index contributed by atoms with van der Waals surface area (Å²) in [6.45, 7) is 0.833. The SMILES string of the molecule is O=C(c1ccc(N2C(=O)CCC2=O)cc1)N(CCn1cccn1)c1nc2c(Cl)cccc2s1. The zero-order valence-electron chi connectivity index (χ0n) is 17.3.